The van der Waals surface area contributed by atoms with Gasteiger partial charge in [-0.15, -0.1) is 11.3 Å². The van der Waals surface area contributed by atoms with Gasteiger partial charge in [0.05, 0.1) is 5.69 Å². The van der Waals surface area contributed by atoms with Crippen LogP contribution in [0.5, 0.6) is 0 Å². The minimum atomic E-state index is 0.732. The fraction of sp³-hybridized carbons (Fsp3) is 0.357. The van der Waals surface area contributed by atoms with E-state index in [-0.39, 0.29) is 0 Å². The van der Waals surface area contributed by atoms with Crippen molar-refractivity contribution in [3.63, 3.8) is 0 Å². The summed E-state index contributed by atoms with van der Waals surface area (Å²) in [7, 11) is 0. The van der Waals surface area contributed by atoms with E-state index in [2.05, 4.69) is 62.3 Å². The highest BCUT2D eigenvalue weighted by atomic mass is 32.1. The number of nitrogens with one attached hydrogen (secondary N) is 2. The van der Waals surface area contributed by atoms with Gasteiger partial charge < -0.3 is 5.32 Å². The van der Waals surface area contributed by atoms with Crippen molar-refractivity contribution < 1.29 is 0 Å². The molecule has 0 saturated carbocycles. The Morgan fingerprint density at radius 1 is 1.38 bits per heavy atom. The SMILES string of the molecule is CCCNc1nc(-c2cc(C)n(-c3ncn[nH]3)c2C)cs1. The highest BCUT2D eigenvalue weighted by molar-refractivity contribution is 7.14. The lowest BCUT2D eigenvalue weighted by Gasteiger charge is -2.04. The van der Waals surface area contributed by atoms with E-state index in [1.54, 1.807) is 11.3 Å². The van der Waals surface area contributed by atoms with E-state index in [9.17, 15) is 0 Å². The second kappa shape index (κ2) is 5.69. The van der Waals surface area contributed by atoms with Gasteiger partial charge in [-0.3, -0.25) is 4.57 Å². The molecule has 0 amide bonds. The average Bonchev–Trinajstić information content (AvgIpc) is 3.17. The van der Waals surface area contributed by atoms with Gasteiger partial charge in [-0.05, 0) is 26.3 Å². The number of aromatic amines is 1. The van der Waals surface area contributed by atoms with Crippen LogP contribution in [0.2, 0.25) is 0 Å². The second-order valence-electron chi connectivity index (χ2n) is 4.89. The molecule has 3 rings (SSSR count). The molecule has 0 aliphatic rings. The van der Waals surface area contributed by atoms with Crippen molar-refractivity contribution in [2.45, 2.75) is 27.2 Å². The van der Waals surface area contributed by atoms with E-state index in [0.717, 1.165) is 46.7 Å². The van der Waals surface area contributed by atoms with Crippen LogP contribution < -0.4 is 5.32 Å². The topological polar surface area (TPSA) is 71.4 Å². The lowest BCUT2D eigenvalue weighted by molar-refractivity contribution is 0.879. The molecule has 6 nitrogen and oxygen atoms in total. The molecule has 0 atom stereocenters. The zero-order valence-corrected chi connectivity index (χ0v) is 13.2. The number of hydrogen-bond acceptors (Lipinski definition) is 5. The fourth-order valence-electron chi connectivity index (χ4n) is 2.37. The van der Waals surface area contributed by atoms with E-state index in [1.165, 1.54) is 6.33 Å². The lowest BCUT2D eigenvalue weighted by Crippen LogP contribution is -2.01. The van der Waals surface area contributed by atoms with Gasteiger partial charge in [-0.2, -0.15) is 10.1 Å². The van der Waals surface area contributed by atoms with E-state index in [0.29, 0.717) is 0 Å². The number of hydrogen-bond donors (Lipinski definition) is 2. The van der Waals surface area contributed by atoms with Crippen LogP contribution in [0.3, 0.4) is 0 Å². The van der Waals surface area contributed by atoms with Gasteiger partial charge in [0, 0.05) is 28.9 Å². The van der Waals surface area contributed by atoms with Crippen LogP contribution in [0, 0.1) is 13.8 Å². The Labute approximate surface area is 127 Å². The van der Waals surface area contributed by atoms with E-state index < -0.39 is 0 Å². The molecule has 0 aromatic carbocycles. The molecule has 21 heavy (non-hydrogen) atoms. The Morgan fingerprint density at radius 2 is 2.24 bits per heavy atom. The summed E-state index contributed by atoms with van der Waals surface area (Å²) >= 11 is 1.64. The highest BCUT2D eigenvalue weighted by Crippen LogP contribution is 2.30. The van der Waals surface area contributed by atoms with E-state index in [1.807, 2.05) is 0 Å². The minimum Gasteiger partial charge on any atom is -0.362 e. The summed E-state index contributed by atoms with van der Waals surface area (Å²) in [6.07, 6.45) is 2.61. The first-order valence-electron chi connectivity index (χ1n) is 6.95. The van der Waals surface area contributed by atoms with Crippen LogP contribution >= 0.6 is 11.3 Å². The summed E-state index contributed by atoms with van der Waals surface area (Å²) in [5, 5.41) is 13.2. The first-order valence-corrected chi connectivity index (χ1v) is 7.83. The molecule has 2 N–H and O–H groups in total. The normalized spacial score (nSPS) is 11.0. The largest absolute Gasteiger partial charge is 0.362 e. The number of thiazole rings is 1. The molecule has 0 saturated heterocycles. The van der Waals surface area contributed by atoms with Crippen molar-refractivity contribution in [3.05, 3.63) is 29.2 Å². The second-order valence-corrected chi connectivity index (χ2v) is 5.75. The Morgan fingerprint density at radius 3 is 2.95 bits per heavy atom. The number of rotatable bonds is 5. The fourth-order valence-corrected chi connectivity index (χ4v) is 3.10. The molecular weight excluding hydrogens is 284 g/mol. The Balaban J connectivity index is 1.96. The predicted molar refractivity (Wildman–Crippen MR) is 85.1 cm³/mol. The number of nitrogens with zero attached hydrogens (tertiary/aromatic N) is 4. The van der Waals surface area contributed by atoms with Crippen molar-refractivity contribution in [1.82, 2.24) is 24.7 Å². The Kier molecular flexibility index (Phi) is 3.74. The van der Waals surface area contributed by atoms with E-state index >= 15 is 0 Å². The van der Waals surface area contributed by atoms with Crippen LogP contribution in [0.15, 0.2) is 17.8 Å². The minimum absolute atomic E-state index is 0.732. The molecule has 0 fully saturated rings. The number of aromatic nitrogens is 5. The third kappa shape index (κ3) is 2.56. The van der Waals surface area contributed by atoms with Crippen LogP contribution in [-0.4, -0.2) is 31.3 Å². The smallest absolute Gasteiger partial charge is 0.229 e. The van der Waals surface area contributed by atoms with Gasteiger partial charge in [0.25, 0.3) is 0 Å². The summed E-state index contributed by atoms with van der Waals surface area (Å²) < 4.78 is 2.06. The van der Waals surface area contributed by atoms with Gasteiger partial charge in [0.1, 0.15) is 6.33 Å². The van der Waals surface area contributed by atoms with Crippen molar-refractivity contribution in [3.8, 4) is 17.2 Å². The molecule has 0 aliphatic carbocycles. The van der Waals surface area contributed by atoms with Gasteiger partial charge in [-0.1, -0.05) is 6.92 Å². The van der Waals surface area contributed by atoms with Crippen molar-refractivity contribution in [2.24, 2.45) is 0 Å². The molecule has 0 radical (unpaired) electrons. The molecule has 0 bridgehead atoms. The van der Waals surface area contributed by atoms with Crippen molar-refractivity contribution >= 4 is 16.5 Å². The molecule has 0 spiro atoms. The third-order valence-electron chi connectivity index (χ3n) is 3.35. The van der Waals surface area contributed by atoms with Crippen LogP contribution in [0.1, 0.15) is 24.7 Å². The third-order valence-corrected chi connectivity index (χ3v) is 4.15. The molecule has 3 aromatic heterocycles. The predicted octanol–water partition coefficient (Wildman–Crippen LogP) is 3.16. The van der Waals surface area contributed by atoms with Crippen molar-refractivity contribution in [1.29, 1.82) is 0 Å². The first-order chi connectivity index (χ1) is 10.2. The van der Waals surface area contributed by atoms with Crippen LogP contribution in [0.25, 0.3) is 17.2 Å². The Bertz CT molecular complexity index is 725. The summed E-state index contributed by atoms with van der Waals surface area (Å²) in [5.74, 6) is 0.732. The maximum atomic E-state index is 4.66. The summed E-state index contributed by atoms with van der Waals surface area (Å²) in [5.41, 5.74) is 4.34. The first kappa shape index (κ1) is 13.8. The van der Waals surface area contributed by atoms with Gasteiger partial charge in [0.2, 0.25) is 5.95 Å². The average molecular weight is 302 g/mol. The van der Waals surface area contributed by atoms with Crippen molar-refractivity contribution in [2.75, 3.05) is 11.9 Å². The zero-order chi connectivity index (χ0) is 14.8. The summed E-state index contributed by atoms with van der Waals surface area (Å²) in [4.78, 5) is 8.89. The number of aryl methyl sites for hydroxylation is 1. The quantitative estimate of drug-likeness (QED) is 0.759. The summed E-state index contributed by atoms with van der Waals surface area (Å²) in [6, 6.07) is 2.14. The summed E-state index contributed by atoms with van der Waals surface area (Å²) in [6.45, 7) is 7.22. The molecule has 3 heterocycles. The van der Waals surface area contributed by atoms with Crippen LogP contribution in [-0.2, 0) is 0 Å². The van der Waals surface area contributed by atoms with E-state index in [4.69, 9.17) is 0 Å². The molecule has 3 aromatic rings. The van der Waals surface area contributed by atoms with Gasteiger partial charge in [-0.25, -0.2) is 10.1 Å². The maximum absolute atomic E-state index is 4.66. The molecule has 0 unspecified atom stereocenters. The molecule has 0 aliphatic heterocycles. The highest BCUT2D eigenvalue weighted by Gasteiger charge is 2.15. The molecule has 7 heteroatoms. The Hall–Kier alpha value is -2.15. The van der Waals surface area contributed by atoms with Gasteiger partial charge in [0.15, 0.2) is 5.13 Å². The molecular formula is C14H18N6S. The zero-order valence-electron chi connectivity index (χ0n) is 12.3. The monoisotopic (exact) mass is 302 g/mol. The van der Waals surface area contributed by atoms with Gasteiger partial charge >= 0.3 is 0 Å². The maximum Gasteiger partial charge on any atom is 0.229 e. The molecule has 110 valence electrons. The van der Waals surface area contributed by atoms with Crippen LogP contribution in [0.4, 0.5) is 5.13 Å². The number of anilines is 1. The lowest BCUT2D eigenvalue weighted by atomic mass is 10.2. The standard InChI is InChI=1S/C14H18N6S/c1-4-5-15-14-18-12(7-21-14)11-6-9(2)20(10(11)3)13-16-8-17-19-13/h6-8H,4-5H2,1-3H3,(H,15,18)(H,16,17,19). The number of H-pyrrole nitrogens is 1.